The van der Waals surface area contributed by atoms with E-state index in [1.165, 1.54) is 19.3 Å². The summed E-state index contributed by atoms with van der Waals surface area (Å²) in [6.07, 6.45) is 4.20. The second-order valence-electron chi connectivity index (χ2n) is 7.07. The number of ether oxygens (including phenoxy) is 2. The molecule has 2 nitrogen and oxygen atoms in total. The van der Waals surface area contributed by atoms with Crippen molar-refractivity contribution in [1.29, 1.82) is 0 Å². The topological polar surface area (TPSA) is 18.5 Å². The molecule has 0 heterocycles. The summed E-state index contributed by atoms with van der Waals surface area (Å²) in [7, 11) is 0. The highest BCUT2D eigenvalue weighted by molar-refractivity contribution is 5.51. The van der Waals surface area contributed by atoms with Gasteiger partial charge in [-0.1, -0.05) is 38.2 Å². The van der Waals surface area contributed by atoms with Crippen molar-refractivity contribution >= 4 is 0 Å². The second kappa shape index (κ2) is 7.24. The van der Waals surface area contributed by atoms with Crippen LogP contribution in [0.1, 0.15) is 68.4 Å². The van der Waals surface area contributed by atoms with Crippen LogP contribution in [0.5, 0.6) is 11.5 Å². The number of alkyl halides is 3. The number of halogens is 3. The maximum absolute atomic E-state index is 12.8. The molecule has 0 atom stereocenters. The van der Waals surface area contributed by atoms with Crippen LogP contribution in [0, 0.1) is 12.8 Å². The van der Waals surface area contributed by atoms with Crippen molar-refractivity contribution in [2.24, 2.45) is 5.92 Å². The van der Waals surface area contributed by atoms with Gasteiger partial charge in [-0.05, 0) is 55.2 Å². The summed E-state index contributed by atoms with van der Waals surface area (Å²) in [6, 6.07) is 3.58. The maximum atomic E-state index is 12.8. The van der Waals surface area contributed by atoms with E-state index in [1.807, 2.05) is 6.07 Å². The van der Waals surface area contributed by atoms with Gasteiger partial charge in [0.25, 0.3) is 0 Å². The Morgan fingerprint density at radius 2 is 1.75 bits per heavy atom. The third kappa shape index (κ3) is 4.17. The van der Waals surface area contributed by atoms with Crippen LogP contribution in [-0.4, -0.2) is 13.0 Å². The molecule has 0 radical (unpaired) electrons. The number of hydrogen-bond donors (Lipinski definition) is 0. The molecule has 0 unspecified atom stereocenters. The van der Waals surface area contributed by atoms with E-state index in [9.17, 15) is 13.2 Å². The normalized spacial score (nSPS) is 19.3. The SMILES string of the molecule is Cc1c(C2CCCC2)ccc(OCCC2CCC2)c1OC(F)(F)F. The lowest BCUT2D eigenvalue weighted by Gasteiger charge is -2.26. The number of benzene rings is 1. The molecule has 0 spiro atoms. The third-order valence-corrected chi connectivity index (χ3v) is 5.43. The van der Waals surface area contributed by atoms with Crippen molar-refractivity contribution < 1.29 is 22.6 Å². The first-order valence-corrected chi connectivity index (χ1v) is 8.96. The zero-order valence-corrected chi connectivity index (χ0v) is 14.1. The van der Waals surface area contributed by atoms with Crippen LogP contribution >= 0.6 is 0 Å². The van der Waals surface area contributed by atoms with E-state index in [0.29, 0.717) is 24.0 Å². The zero-order chi connectivity index (χ0) is 17.2. The fourth-order valence-electron chi connectivity index (χ4n) is 3.83. The Balaban J connectivity index is 1.78. The van der Waals surface area contributed by atoms with Gasteiger partial charge in [0.05, 0.1) is 6.61 Å². The monoisotopic (exact) mass is 342 g/mol. The summed E-state index contributed by atoms with van der Waals surface area (Å²) >= 11 is 0. The van der Waals surface area contributed by atoms with Gasteiger partial charge in [0.1, 0.15) is 0 Å². The minimum absolute atomic E-state index is 0.152. The molecule has 3 rings (SSSR count). The highest BCUT2D eigenvalue weighted by Gasteiger charge is 2.34. The summed E-state index contributed by atoms with van der Waals surface area (Å²) in [5.74, 6) is 1.06. The minimum Gasteiger partial charge on any atom is -0.490 e. The van der Waals surface area contributed by atoms with Crippen LogP contribution in [0.4, 0.5) is 13.2 Å². The molecule has 0 bridgehead atoms. The molecule has 24 heavy (non-hydrogen) atoms. The van der Waals surface area contributed by atoms with Gasteiger partial charge in [0.15, 0.2) is 11.5 Å². The van der Waals surface area contributed by atoms with Gasteiger partial charge in [-0.2, -0.15) is 0 Å². The summed E-state index contributed by atoms with van der Waals surface area (Å²) in [5, 5.41) is 0. The van der Waals surface area contributed by atoms with Crippen molar-refractivity contribution in [2.45, 2.75) is 70.6 Å². The molecular formula is C19H25F3O2. The van der Waals surface area contributed by atoms with E-state index in [-0.39, 0.29) is 11.5 Å². The van der Waals surface area contributed by atoms with Crippen molar-refractivity contribution in [3.8, 4) is 11.5 Å². The van der Waals surface area contributed by atoms with E-state index >= 15 is 0 Å². The van der Waals surface area contributed by atoms with Crippen LogP contribution < -0.4 is 9.47 Å². The van der Waals surface area contributed by atoms with Gasteiger partial charge in [-0.25, -0.2) is 0 Å². The lowest BCUT2D eigenvalue weighted by atomic mass is 9.83. The minimum atomic E-state index is -4.70. The summed E-state index contributed by atoms with van der Waals surface area (Å²) in [5.41, 5.74) is 1.54. The fraction of sp³-hybridized carbons (Fsp3) is 0.684. The summed E-state index contributed by atoms with van der Waals surface area (Å²) < 4.78 is 48.5. The first-order valence-electron chi connectivity index (χ1n) is 8.96. The van der Waals surface area contributed by atoms with E-state index < -0.39 is 6.36 Å². The number of rotatable bonds is 6. The molecule has 1 aromatic rings. The first kappa shape index (κ1) is 17.4. The van der Waals surface area contributed by atoms with Crippen molar-refractivity contribution in [3.63, 3.8) is 0 Å². The fourth-order valence-corrected chi connectivity index (χ4v) is 3.83. The predicted molar refractivity (Wildman–Crippen MR) is 86.5 cm³/mol. The lowest BCUT2D eigenvalue weighted by Crippen LogP contribution is -2.20. The second-order valence-corrected chi connectivity index (χ2v) is 7.07. The Morgan fingerprint density at radius 1 is 1.04 bits per heavy atom. The lowest BCUT2D eigenvalue weighted by molar-refractivity contribution is -0.275. The molecule has 0 amide bonds. The zero-order valence-electron chi connectivity index (χ0n) is 14.1. The molecule has 1 aromatic carbocycles. The van der Waals surface area contributed by atoms with Gasteiger partial charge >= 0.3 is 6.36 Å². The largest absolute Gasteiger partial charge is 0.573 e. The predicted octanol–water partition coefficient (Wildman–Crippen LogP) is 6.12. The van der Waals surface area contributed by atoms with Gasteiger partial charge < -0.3 is 9.47 Å². The molecule has 134 valence electrons. The molecule has 2 aliphatic rings. The van der Waals surface area contributed by atoms with Gasteiger partial charge in [0.2, 0.25) is 0 Å². The first-order chi connectivity index (χ1) is 11.4. The standard InChI is InChI=1S/C19H25F3O2/c1-13-16(15-7-2-3-8-15)9-10-17(18(13)24-19(20,21)22)23-12-11-14-5-4-6-14/h9-10,14-15H,2-8,11-12H2,1H3. The van der Waals surface area contributed by atoms with Gasteiger partial charge in [0, 0.05) is 0 Å². The molecule has 0 N–H and O–H groups in total. The average molecular weight is 342 g/mol. The van der Waals surface area contributed by atoms with E-state index in [4.69, 9.17) is 4.74 Å². The van der Waals surface area contributed by atoms with Crippen molar-refractivity contribution in [2.75, 3.05) is 6.61 Å². The maximum Gasteiger partial charge on any atom is 0.573 e. The van der Waals surface area contributed by atoms with Crippen molar-refractivity contribution in [3.05, 3.63) is 23.3 Å². The molecule has 0 aliphatic heterocycles. The third-order valence-electron chi connectivity index (χ3n) is 5.43. The molecule has 0 aromatic heterocycles. The summed E-state index contributed by atoms with van der Waals surface area (Å²) in [4.78, 5) is 0. The smallest absolute Gasteiger partial charge is 0.490 e. The highest BCUT2D eigenvalue weighted by Crippen LogP contribution is 2.43. The molecule has 2 saturated carbocycles. The Bertz CT molecular complexity index is 558. The van der Waals surface area contributed by atoms with Crippen LogP contribution in [0.15, 0.2) is 12.1 Å². The van der Waals surface area contributed by atoms with Crippen LogP contribution in [0.2, 0.25) is 0 Å². The highest BCUT2D eigenvalue weighted by atomic mass is 19.4. The molecular weight excluding hydrogens is 317 g/mol. The number of hydrogen-bond acceptors (Lipinski definition) is 2. The van der Waals surface area contributed by atoms with Crippen LogP contribution in [0.3, 0.4) is 0 Å². The summed E-state index contributed by atoms with van der Waals surface area (Å²) in [6.45, 7) is 2.16. The van der Waals surface area contributed by atoms with Gasteiger partial charge in [-0.15, -0.1) is 13.2 Å². The molecule has 0 saturated heterocycles. The molecule has 2 aliphatic carbocycles. The van der Waals surface area contributed by atoms with E-state index in [0.717, 1.165) is 37.7 Å². The van der Waals surface area contributed by atoms with Crippen LogP contribution in [0.25, 0.3) is 0 Å². The Labute approximate surface area is 141 Å². The Morgan fingerprint density at radius 3 is 2.33 bits per heavy atom. The van der Waals surface area contributed by atoms with Crippen LogP contribution in [-0.2, 0) is 0 Å². The Hall–Kier alpha value is -1.39. The average Bonchev–Trinajstić information content (AvgIpc) is 2.97. The Kier molecular flexibility index (Phi) is 5.26. The van der Waals surface area contributed by atoms with Gasteiger partial charge in [-0.3, -0.25) is 0 Å². The van der Waals surface area contributed by atoms with E-state index in [2.05, 4.69) is 4.74 Å². The molecule has 5 heteroatoms. The van der Waals surface area contributed by atoms with Crippen molar-refractivity contribution in [1.82, 2.24) is 0 Å². The van der Waals surface area contributed by atoms with E-state index in [1.54, 1.807) is 13.0 Å². The molecule has 2 fully saturated rings. The quantitative estimate of drug-likeness (QED) is 0.620.